The first kappa shape index (κ1) is 28.2. The highest BCUT2D eigenvalue weighted by atomic mass is 35.5. The fraction of sp³-hybridized carbons (Fsp3) is 0.194. The summed E-state index contributed by atoms with van der Waals surface area (Å²) in [5, 5.41) is 3.52. The lowest BCUT2D eigenvalue weighted by Crippen LogP contribution is -2.30. The molecule has 0 fully saturated rings. The number of carbonyl (C=O) groups excluding carboxylic acids is 1. The molecule has 0 aliphatic carbocycles. The maximum Gasteiger partial charge on any atom is 0.264 e. The molecule has 1 N–H and O–H groups in total. The van der Waals surface area contributed by atoms with E-state index in [9.17, 15) is 13.2 Å². The van der Waals surface area contributed by atoms with Crippen molar-refractivity contribution in [3.63, 3.8) is 0 Å². The average Bonchev–Trinajstić information content (AvgIpc) is 2.93. The van der Waals surface area contributed by atoms with E-state index in [2.05, 4.69) is 5.32 Å². The molecule has 0 spiro atoms. The number of halogens is 1. The third kappa shape index (κ3) is 6.99. The molecule has 1 amide bonds. The van der Waals surface area contributed by atoms with E-state index in [-0.39, 0.29) is 24.0 Å². The van der Waals surface area contributed by atoms with Crippen molar-refractivity contribution in [2.24, 2.45) is 0 Å². The second kappa shape index (κ2) is 12.4. The SMILES string of the molecule is CCc1cccc(C)c1NC(=O)COc1ccc(N(Cc2ccc(Cl)cc2)S(=O)(=O)c2ccc(C)cc2)cc1. The topological polar surface area (TPSA) is 75.7 Å². The number of hydrogen-bond donors (Lipinski definition) is 1. The van der Waals surface area contributed by atoms with Gasteiger partial charge in [-0.2, -0.15) is 0 Å². The zero-order valence-corrected chi connectivity index (χ0v) is 23.7. The molecule has 0 heterocycles. The Morgan fingerprint density at radius 2 is 1.56 bits per heavy atom. The summed E-state index contributed by atoms with van der Waals surface area (Å²) in [5.41, 5.74) is 5.08. The van der Waals surface area contributed by atoms with Gasteiger partial charge in [0.1, 0.15) is 5.75 Å². The van der Waals surface area contributed by atoms with Crippen molar-refractivity contribution < 1.29 is 17.9 Å². The van der Waals surface area contributed by atoms with Gasteiger partial charge in [0.2, 0.25) is 0 Å². The second-order valence-electron chi connectivity index (χ2n) is 9.24. The molecule has 0 saturated carbocycles. The highest BCUT2D eigenvalue weighted by molar-refractivity contribution is 7.92. The van der Waals surface area contributed by atoms with Crippen LogP contribution in [0.25, 0.3) is 0 Å². The monoisotopic (exact) mass is 562 g/mol. The van der Waals surface area contributed by atoms with E-state index in [1.165, 1.54) is 4.31 Å². The third-order valence-corrected chi connectivity index (χ3v) is 8.39. The van der Waals surface area contributed by atoms with Gasteiger partial charge < -0.3 is 10.1 Å². The standard InChI is InChI=1S/C31H31ClN2O4S/c1-4-25-7-5-6-23(3)31(25)33-30(35)21-38-28-16-14-27(15-17-28)34(20-24-10-12-26(32)13-11-24)39(36,37)29-18-8-22(2)9-19-29/h5-19H,4,20-21H2,1-3H3,(H,33,35). The Hall–Kier alpha value is -3.81. The third-order valence-electron chi connectivity index (χ3n) is 6.35. The van der Waals surface area contributed by atoms with Crippen LogP contribution in [0.4, 0.5) is 11.4 Å². The van der Waals surface area contributed by atoms with Crippen LogP contribution in [0.2, 0.25) is 5.02 Å². The normalized spacial score (nSPS) is 11.2. The number of amides is 1. The number of hydrogen-bond acceptors (Lipinski definition) is 4. The lowest BCUT2D eigenvalue weighted by Gasteiger charge is -2.25. The van der Waals surface area contributed by atoms with Gasteiger partial charge in [-0.05, 0) is 85.5 Å². The summed E-state index contributed by atoms with van der Waals surface area (Å²) in [6, 6.07) is 26.4. The van der Waals surface area contributed by atoms with Crippen LogP contribution in [0.1, 0.15) is 29.2 Å². The molecule has 0 bridgehead atoms. The number of nitrogens with one attached hydrogen (secondary N) is 1. The van der Waals surface area contributed by atoms with Gasteiger partial charge in [0.05, 0.1) is 17.1 Å². The lowest BCUT2D eigenvalue weighted by molar-refractivity contribution is -0.118. The van der Waals surface area contributed by atoms with E-state index >= 15 is 0 Å². The Morgan fingerprint density at radius 1 is 0.897 bits per heavy atom. The zero-order valence-electron chi connectivity index (χ0n) is 22.1. The summed E-state index contributed by atoms with van der Waals surface area (Å²) in [6.07, 6.45) is 0.803. The van der Waals surface area contributed by atoms with Crippen LogP contribution in [-0.2, 0) is 27.8 Å². The molecule has 0 saturated heterocycles. The first-order chi connectivity index (χ1) is 18.7. The van der Waals surface area contributed by atoms with E-state index in [0.717, 1.165) is 34.4 Å². The number of aryl methyl sites for hydroxylation is 3. The molecule has 6 nitrogen and oxygen atoms in total. The molecule has 0 radical (unpaired) electrons. The number of benzene rings is 4. The van der Waals surface area contributed by atoms with Gasteiger partial charge in [0, 0.05) is 10.7 Å². The van der Waals surface area contributed by atoms with Crippen molar-refractivity contribution in [2.45, 2.75) is 38.6 Å². The van der Waals surface area contributed by atoms with E-state index in [1.807, 2.05) is 39.0 Å². The molecule has 39 heavy (non-hydrogen) atoms. The molecule has 0 aliphatic rings. The largest absolute Gasteiger partial charge is 0.484 e. The molecule has 0 aromatic heterocycles. The highest BCUT2D eigenvalue weighted by Crippen LogP contribution is 2.28. The van der Waals surface area contributed by atoms with Crippen molar-refractivity contribution in [1.82, 2.24) is 0 Å². The van der Waals surface area contributed by atoms with E-state index in [1.54, 1.807) is 72.8 Å². The van der Waals surface area contributed by atoms with Crippen LogP contribution in [0.5, 0.6) is 5.75 Å². The molecule has 4 aromatic rings. The van der Waals surface area contributed by atoms with Crippen LogP contribution >= 0.6 is 11.6 Å². The maximum atomic E-state index is 13.7. The Balaban J connectivity index is 1.52. The summed E-state index contributed by atoms with van der Waals surface area (Å²) in [6.45, 7) is 5.84. The number of para-hydroxylation sites is 1. The van der Waals surface area contributed by atoms with Crippen LogP contribution < -0.4 is 14.4 Å². The van der Waals surface area contributed by atoms with Crippen LogP contribution in [-0.4, -0.2) is 20.9 Å². The van der Waals surface area contributed by atoms with E-state index < -0.39 is 10.0 Å². The fourth-order valence-corrected chi connectivity index (χ4v) is 5.72. The first-order valence-electron chi connectivity index (χ1n) is 12.6. The average molecular weight is 563 g/mol. The molecule has 8 heteroatoms. The van der Waals surface area contributed by atoms with Crippen molar-refractivity contribution in [3.8, 4) is 5.75 Å². The van der Waals surface area contributed by atoms with Gasteiger partial charge >= 0.3 is 0 Å². The lowest BCUT2D eigenvalue weighted by atomic mass is 10.1. The minimum atomic E-state index is -3.87. The summed E-state index contributed by atoms with van der Waals surface area (Å²) >= 11 is 6.03. The number of sulfonamides is 1. The van der Waals surface area contributed by atoms with Gasteiger partial charge in [-0.25, -0.2) is 8.42 Å². The number of carbonyl (C=O) groups is 1. The Kier molecular flexibility index (Phi) is 8.94. The van der Waals surface area contributed by atoms with Gasteiger partial charge in [-0.3, -0.25) is 9.10 Å². The summed E-state index contributed by atoms with van der Waals surface area (Å²) in [7, 11) is -3.87. The maximum absolute atomic E-state index is 13.7. The summed E-state index contributed by atoms with van der Waals surface area (Å²) in [4.78, 5) is 12.8. The minimum Gasteiger partial charge on any atom is -0.484 e. The Labute approximate surface area is 235 Å². The number of anilines is 2. The Morgan fingerprint density at radius 3 is 2.21 bits per heavy atom. The number of nitrogens with zero attached hydrogens (tertiary/aromatic N) is 1. The van der Waals surface area contributed by atoms with Gasteiger partial charge in [0.25, 0.3) is 15.9 Å². The van der Waals surface area contributed by atoms with Crippen molar-refractivity contribution in [3.05, 3.63) is 118 Å². The molecular weight excluding hydrogens is 532 g/mol. The quantitative estimate of drug-likeness (QED) is 0.227. The summed E-state index contributed by atoms with van der Waals surface area (Å²) < 4.78 is 34.4. The molecular formula is C31H31ClN2O4S. The van der Waals surface area contributed by atoms with Gasteiger partial charge in [-0.15, -0.1) is 0 Å². The predicted molar refractivity (Wildman–Crippen MR) is 157 cm³/mol. The first-order valence-corrected chi connectivity index (χ1v) is 14.4. The minimum absolute atomic E-state index is 0.117. The zero-order chi connectivity index (χ0) is 28.0. The molecule has 0 unspecified atom stereocenters. The van der Waals surface area contributed by atoms with Crippen LogP contribution in [0.3, 0.4) is 0 Å². The van der Waals surface area contributed by atoms with Crippen LogP contribution in [0.15, 0.2) is 95.9 Å². The fourth-order valence-electron chi connectivity index (χ4n) is 4.14. The molecule has 0 atom stereocenters. The number of rotatable bonds is 10. The van der Waals surface area contributed by atoms with Crippen molar-refractivity contribution in [2.75, 3.05) is 16.2 Å². The van der Waals surface area contributed by atoms with Crippen LogP contribution in [0, 0.1) is 13.8 Å². The molecule has 0 aliphatic heterocycles. The second-order valence-corrected chi connectivity index (χ2v) is 11.5. The Bertz CT molecular complexity index is 1540. The van der Waals surface area contributed by atoms with Crippen molar-refractivity contribution >= 4 is 38.9 Å². The molecule has 202 valence electrons. The molecule has 4 aromatic carbocycles. The van der Waals surface area contributed by atoms with Gasteiger partial charge in [-0.1, -0.05) is 66.6 Å². The predicted octanol–water partition coefficient (Wildman–Crippen LogP) is 6.93. The van der Waals surface area contributed by atoms with E-state index in [4.69, 9.17) is 16.3 Å². The van der Waals surface area contributed by atoms with Gasteiger partial charge in [0.15, 0.2) is 6.61 Å². The summed E-state index contributed by atoms with van der Waals surface area (Å²) in [5.74, 6) is 0.183. The van der Waals surface area contributed by atoms with Crippen molar-refractivity contribution in [1.29, 1.82) is 0 Å². The smallest absolute Gasteiger partial charge is 0.264 e. The number of ether oxygens (including phenoxy) is 1. The molecule has 4 rings (SSSR count). The van der Waals surface area contributed by atoms with E-state index in [0.29, 0.717) is 16.5 Å². The highest BCUT2D eigenvalue weighted by Gasteiger charge is 2.25.